The molecule has 0 radical (unpaired) electrons. The number of halogens is 1. The van der Waals surface area contributed by atoms with Crippen molar-refractivity contribution in [2.45, 2.75) is 38.8 Å². The molecule has 3 rings (SSSR count). The molecule has 2 aromatic rings. The summed E-state index contributed by atoms with van der Waals surface area (Å²) >= 11 is 0. The first-order valence-corrected chi connectivity index (χ1v) is 9.95. The van der Waals surface area contributed by atoms with Crippen LogP contribution in [0.1, 0.15) is 30.9 Å². The summed E-state index contributed by atoms with van der Waals surface area (Å²) in [6.45, 7) is 7.70. The van der Waals surface area contributed by atoms with Gasteiger partial charge in [-0.25, -0.2) is 0 Å². The number of rotatable bonds is 9. The minimum Gasteiger partial charge on any atom is -0.491 e. The molecule has 0 bridgehead atoms. The number of hydrogen-bond donors (Lipinski definition) is 2. The fraction of sp³-hybridized carbons (Fsp3) is 0.524. The molecule has 1 fully saturated rings. The Morgan fingerprint density at radius 2 is 2.10 bits per heavy atom. The van der Waals surface area contributed by atoms with Gasteiger partial charge in [0.1, 0.15) is 17.9 Å². The van der Waals surface area contributed by atoms with Crippen LogP contribution in [0, 0.1) is 6.92 Å². The fourth-order valence-electron chi connectivity index (χ4n) is 3.56. The molecule has 1 saturated heterocycles. The molecule has 1 aliphatic rings. The lowest BCUT2D eigenvalue weighted by molar-refractivity contribution is -0.132. The van der Waals surface area contributed by atoms with Crippen molar-refractivity contribution >= 4 is 18.3 Å². The zero-order valence-corrected chi connectivity index (χ0v) is 18.0. The average molecular weight is 423 g/mol. The molecule has 0 spiro atoms. The quantitative estimate of drug-likeness (QED) is 0.607. The molecule has 160 valence electrons. The van der Waals surface area contributed by atoms with Crippen LogP contribution in [0.25, 0.3) is 0 Å². The maximum atomic E-state index is 13.2. The topological polar surface area (TPSA) is 77.4 Å². The Morgan fingerprint density at radius 3 is 2.79 bits per heavy atom. The van der Waals surface area contributed by atoms with Crippen LogP contribution in [-0.4, -0.2) is 48.6 Å². The minimum absolute atomic E-state index is 0. The Bertz CT molecular complexity index is 761. The Morgan fingerprint density at radius 1 is 1.31 bits per heavy atom. The molecule has 8 heteroatoms. The summed E-state index contributed by atoms with van der Waals surface area (Å²) in [5.74, 6) is 0.789. The monoisotopic (exact) mass is 422 g/mol. The highest BCUT2D eigenvalue weighted by Gasteiger charge is 2.41. The number of carbonyl (C=O) groups excluding carboxylic acids is 1. The lowest BCUT2D eigenvalue weighted by atomic mass is 9.87. The van der Waals surface area contributed by atoms with Crippen molar-refractivity contribution in [1.82, 2.24) is 20.4 Å². The average Bonchev–Trinajstić information content (AvgIpc) is 3.26. The lowest BCUT2D eigenvalue weighted by Crippen LogP contribution is -2.54. The number of piperidine rings is 1. The molecule has 0 saturated carbocycles. The summed E-state index contributed by atoms with van der Waals surface area (Å²) in [7, 11) is 0. The molecule has 0 atom stereocenters. The van der Waals surface area contributed by atoms with E-state index in [1.165, 1.54) is 0 Å². The maximum absolute atomic E-state index is 13.2. The fourth-order valence-corrected chi connectivity index (χ4v) is 3.56. The molecule has 1 aromatic carbocycles. The van der Waals surface area contributed by atoms with Crippen LogP contribution in [0.15, 0.2) is 36.7 Å². The molecule has 0 aliphatic carbocycles. The number of aromatic nitrogens is 2. The van der Waals surface area contributed by atoms with Crippen molar-refractivity contribution in [3.05, 3.63) is 47.8 Å². The lowest BCUT2D eigenvalue weighted by Gasteiger charge is -2.36. The third-order valence-electron chi connectivity index (χ3n) is 5.15. The summed E-state index contributed by atoms with van der Waals surface area (Å²) in [6, 6.07) is 7.90. The van der Waals surface area contributed by atoms with Crippen LogP contribution in [0.3, 0.4) is 0 Å². The molecule has 1 amide bonds. The number of amides is 1. The van der Waals surface area contributed by atoms with Gasteiger partial charge in [-0.1, -0.05) is 12.1 Å². The smallest absolute Gasteiger partial charge is 0.248 e. The molecule has 29 heavy (non-hydrogen) atoms. The third kappa shape index (κ3) is 5.72. The third-order valence-corrected chi connectivity index (χ3v) is 5.15. The first kappa shape index (κ1) is 23.2. The van der Waals surface area contributed by atoms with Gasteiger partial charge in [0.15, 0.2) is 0 Å². The van der Waals surface area contributed by atoms with Crippen molar-refractivity contribution in [2.75, 3.05) is 32.9 Å². The number of nitrogens with zero attached hydrogens (tertiary/aromatic N) is 2. The van der Waals surface area contributed by atoms with Crippen molar-refractivity contribution < 1.29 is 14.3 Å². The molecular formula is C21H31ClN4O3. The summed E-state index contributed by atoms with van der Waals surface area (Å²) in [5.41, 5.74) is 1.43. The standard InChI is InChI=1S/C21H30N4O3.ClH/c1-3-27-13-14-28-19-15-17(2)5-6-18(19)16-23-20(26)21(7-10-22-11-8-21)25-12-4-9-24-25;/h4-6,9,12,15,22H,3,7-8,10-11,13-14,16H2,1-2H3,(H,23,26);1H. The number of aryl methyl sites for hydroxylation is 1. The van der Waals surface area contributed by atoms with E-state index in [0.29, 0.717) is 39.2 Å². The predicted molar refractivity (Wildman–Crippen MR) is 115 cm³/mol. The van der Waals surface area contributed by atoms with Crippen molar-refractivity contribution in [3.63, 3.8) is 0 Å². The number of carbonyl (C=O) groups is 1. The van der Waals surface area contributed by atoms with E-state index in [4.69, 9.17) is 9.47 Å². The summed E-state index contributed by atoms with van der Waals surface area (Å²) in [6.07, 6.45) is 5.03. The van der Waals surface area contributed by atoms with E-state index >= 15 is 0 Å². The maximum Gasteiger partial charge on any atom is 0.248 e. The molecule has 1 aromatic heterocycles. The molecule has 0 unspecified atom stereocenters. The molecule has 1 aliphatic heterocycles. The van der Waals surface area contributed by atoms with Gasteiger partial charge >= 0.3 is 0 Å². The SMILES string of the molecule is CCOCCOc1cc(C)ccc1CNC(=O)C1(n2cccn2)CCNCC1.Cl. The van der Waals surface area contributed by atoms with E-state index in [1.807, 2.05) is 44.3 Å². The van der Waals surface area contributed by atoms with Crippen LogP contribution >= 0.6 is 12.4 Å². The van der Waals surface area contributed by atoms with Gasteiger partial charge in [-0.05, 0) is 57.5 Å². The zero-order chi connectivity index (χ0) is 19.8. The second kappa shape index (κ2) is 11.2. The highest BCUT2D eigenvalue weighted by molar-refractivity contribution is 5.85. The normalized spacial score (nSPS) is 15.4. The Kier molecular flexibility index (Phi) is 8.95. The molecular weight excluding hydrogens is 392 g/mol. The number of nitrogens with one attached hydrogen (secondary N) is 2. The van der Waals surface area contributed by atoms with E-state index in [9.17, 15) is 4.79 Å². The van der Waals surface area contributed by atoms with E-state index < -0.39 is 5.54 Å². The van der Waals surface area contributed by atoms with Gasteiger partial charge in [-0.2, -0.15) is 5.10 Å². The van der Waals surface area contributed by atoms with E-state index in [1.54, 1.807) is 10.9 Å². The second-order valence-electron chi connectivity index (χ2n) is 7.07. The van der Waals surface area contributed by atoms with Gasteiger partial charge in [0.05, 0.1) is 6.61 Å². The highest BCUT2D eigenvalue weighted by Crippen LogP contribution is 2.28. The van der Waals surface area contributed by atoms with Crippen LogP contribution in [0.2, 0.25) is 0 Å². The summed E-state index contributed by atoms with van der Waals surface area (Å²) in [4.78, 5) is 13.2. The number of benzene rings is 1. The first-order valence-electron chi connectivity index (χ1n) is 9.95. The highest BCUT2D eigenvalue weighted by atomic mass is 35.5. The largest absolute Gasteiger partial charge is 0.491 e. The van der Waals surface area contributed by atoms with Crippen molar-refractivity contribution in [1.29, 1.82) is 0 Å². The predicted octanol–water partition coefficient (Wildman–Crippen LogP) is 2.42. The number of hydrogen-bond acceptors (Lipinski definition) is 5. The molecule has 7 nitrogen and oxygen atoms in total. The number of ether oxygens (including phenoxy) is 2. The van der Waals surface area contributed by atoms with Gasteiger partial charge < -0.3 is 20.1 Å². The van der Waals surface area contributed by atoms with Gasteiger partial charge in [0.25, 0.3) is 0 Å². The zero-order valence-electron chi connectivity index (χ0n) is 17.1. The van der Waals surface area contributed by atoms with Gasteiger partial charge in [0, 0.05) is 31.1 Å². The van der Waals surface area contributed by atoms with Crippen molar-refractivity contribution in [2.24, 2.45) is 0 Å². The van der Waals surface area contributed by atoms with E-state index in [-0.39, 0.29) is 18.3 Å². The van der Waals surface area contributed by atoms with Crippen LogP contribution in [-0.2, 0) is 21.6 Å². The Hall–Kier alpha value is -2.09. The first-order chi connectivity index (χ1) is 13.7. The van der Waals surface area contributed by atoms with Crippen LogP contribution < -0.4 is 15.4 Å². The van der Waals surface area contributed by atoms with Gasteiger partial charge in [-0.3, -0.25) is 9.48 Å². The minimum atomic E-state index is -0.643. The second-order valence-corrected chi connectivity index (χ2v) is 7.07. The summed E-state index contributed by atoms with van der Waals surface area (Å²) < 4.78 is 13.0. The molecule has 2 N–H and O–H groups in total. The van der Waals surface area contributed by atoms with E-state index in [2.05, 4.69) is 15.7 Å². The van der Waals surface area contributed by atoms with E-state index in [0.717, 1.165) is 30.0 Å². The Labute approximate surface area is 178 Å². The van der Waals surface area contributed by atoms with Gasteiger partial charge in [0.2, 0.25) is 5.91 Å². The van der Waals surface area contributed by atoms with Crippen LogP contribution in [0.4, 0.5) is 0 Å². The Balaban J connectivity index is 0.00000300. The summed E-state index contributed by atoms with van der Waals surface area (Å²) in [5, 5.41) is 10.8. The van der Waals surface area contributed by atoms with Gasteiger partial charge in [-0.15, -0.1) is 12.4 Å². The van der Waals surface area contributed by atoms with Crippen molar-refractivity contribution in [3.8, 4) is 5.75 Å². The van der Waals surface area contributed by atoms with Crippen LogP contribution in [0.5, 0.6) is 5.75 Å². The molecule has 2 heterocycles.